The Bertz CT molecular complexity index is 698. The van der Waals surface area contributed by atoms with Crippen LogP contribution in [0.4, 0.5) is 0 Å². The van der Waals surface area contributed by atoms with Crippen molar-refractivity contribution in [2.75, 3.05) is 6.61 Å². The van der Waals surface area contributed by atoms with Crippen LogP contribution in [0, 0.1) is 0 Å². The van der Waals surface area contributed by atoms with E-state index in [-0.39, 0.29) is 0 Å². The van der Waals surface area contributed by atoms with Gasteiger partial charge in [-0.25, -0.2) is 4.79 Å². The van der Waals surface area contributed by atoms with E-state index >= 15 is 0 Å². The lowest BCUT2D eigenvalue weighted by molar-refractivity contribution is -0.128. The number of halogens is 2. The highest BCUT2D eigenvalue weighted by molar-refractivity contribution is 9.10. The Hall–Kier alpha value is -1.78. The van der Waals surface area contributed by atoms with Gasteiger partial charge in [-0.05, 0) is 49.4 Å². The van der Waals surface area contributed by atoms with Crippen molar-refractivity contribution >= 4 is 39.6 Å². The van der Waals surface area contributed by atoms with Gasteiger partial charge in [0.15, 0.2) is 0 Å². The van der Waals surface area contributed by atoms with Crippen molar-refractivity contribution in [3.05, 3.63) is 63.6 Å². The minimum Gasteiger partial charge on any atom is -0.493 e. The van der Waals surface area contributed by atoms with Crippen molar-refractivity contribution in [2.24, 2.45) is 0 Å². The van der Waals surface area contributed by atoms with Crippen LogP contribution in [0.2, 0.25) is 5.02 Å². The average Bonchev–Trinajstić information content (AvgIpc) is 2.48. The monoisotopic (exact) mass is 380 g/mol. The zero-order valence-electron chi connectivity index (χ0n) is 11.9. The summed E-state index contributed by atoms with van der Waals surface area (Å²) in [5.41, 5.74) is 0.791. The highest BCUT2D eigenvalue weighted by atomic mass is 79.9. The molecule has 0 heterocycles. The molecule has 0 bridgehead atoms. The molecular formula is C17H14BrClO3. The third-order valence-electron chi connectivity index (χ3n) is 2.69. The molecule has 0 amide bonds. The Balaban J connectivity index is 2.11. The van der Waals surface area contributed by atoms with Crippen LogP contribution in [0.15, 0.2) is 53.0 Å². The van der Waals surface area contributed by atoms with E-state index in [4.69, 9.17) is 21.1 Å². The van der Waals surface area contributed by atoms with E-state index in [2.05, 4.69) is 15.9 Å². The van der Waals surface area contributed by atoms with Gasteiger partial charge in [-0.1, -0.05) is 33.6 Å². The molecule has 5 heteroatoms. The van der Waals surface area contributed by atoms with E-state index in [1.54, 1.807) is 30.3 Å². The summed E-state index contributed by atoms with van der Waals surface area (Å²) in [6.07, 6.45) is 3.01. The molecule has 2 rings (SSSR count). The summed E-state index contributed by atoms with van der Waals surface area (Å²) in [5, 5.41) is 0.514. The maximum absolute atomic E-state index is 11.8. The number of rotatable bonds is 5. The summed E-state index contributed by atoms with van der Waals surface area (Å²) < 4.78 is 11.6. The molecule has 0 atom stereocenters. The molecule has 0 N–H and O–H groups in total. The molecule has 22 heavy (non-hydrogen) atoms. The zero-order valence-corrected chi connectivity index (χ0v) is 14.2. The molecule has 0 aliphatic carbocycles. The van der Waals surface area contributed by atoms with E-state index in [1.807, 2.05) is 25.1 Å². The molecule has 0 aromatic heterocycles. The molecule has 0 radical (unpaired) electrons. The number of ether oxygens (including phenoxy) is 2. The van der Waals surface area contributed by atoms with Gasteiger partial charge in [0.1, 0.15) is 11.5 Å². The first-order valence-electron chi connectivity index (χ1n) is 6.66. The fraction of sp³-hybridized carbons (Fsp3) is 0.118. The molecule has 114 valence electrons. The standard InChI is InChI=1S/C17H14BrClO3/c1-2-21-16-8-7-13(18)10-12(16)6-9-17(20)22-15-5-3-4-14(19)11-15/h3-11H,2H2,1H3/b9-6+. The van der Waals surface area contributed by atoms with Crippen molar-refractivity contribution in [2.45, 2.75) is 6.92 Å². The quantitative estimate of drug-likeness (QED) is 0.410. The summed E-state index contributed by atoms with van der Waals surface area (Å²) >= 11 is 9.24. The number of carbonyl (C=O) groups excluding carboxylic acids is 1. The molecule has 3 nitrogen and oxygen atoms in total. The lowest BCUT2D eigenvalue weighted by atomic mass is 10.2. The maximum Gasteiger partial charge on any atom is 0.336 e. The maximum atomic E-state index is 11.8. The van der Waals surface area contributed by atoms with E-state index in [0.29, 0.717) is 23.1 Å². The Kier molecular flexibility index (Phi) is 6.04. The van der Waals surface area contributed by atoms with E-state index < -0.39 is 5.97 Å². The van der Waals surface area contributed by atoms with Gasteiger partial charge >= 0.3 is 5.97 Å². The first kappa shape index (κ1) is 16.6. The number of carbonyl (C=O) groups is 1. The van der Waals surface area contributed by atoms with Crippen LogP contribution in [-0.4, -0.2) is 12.6 Å². The van der Waals surface area contributed by atoms with Gasteiger partial charge in [0, 0.05) is 21.1 Å². The van der Waals surface area contributed by atoms with E-state index in [1.165, 1.54) is 6.08 Å². The normalized spacial score (nSPS) is 10.7. The second-order valence-corrected chi connectivity index (χ2v) is 5.68. The first-order valence-corrected chi connectivity index (χ1v) is 7.83. The number of hydrogen-bond acceptors (Lipinski definition) is 3. The highest BCUT2D eigenvalue weighted by Gasteiger charge is 2.04. The predicted octanol–water partition coefficient (Wildman–Crippen LogP) is 5.12. The molecule has 0 aliphatic heterocycles. The lowest BCUT2D eigenvalue weighted by Crippen LogP contribution is -2.03. The molecular weight excluding hydrogens is 368 g/mol. The van der Waals surface area contributed by atoms with Crippen LogP contribution in [0.5, 0.6) is 11.5 Å². The zero-order chi connectivity index (χ0) is 15.9. The second kappa shape index (κ2) is 8.01. The minimum atomic E-state index is -0.482. The first-order chi connectivity index (χ1) is 10.6. The summed E-state index contributed by atoms with van der Waals surface area (Å²) in [6, 6.07) is 12.3. The molecule has 2 aromatic rings. The Labute approximate surface area is 142 Å². The van der Waals surface area contributed by atoms with Crippen molar-refractivity contribution in [1.29, 1.82) is 0 Å². The van der Waals surface area contributed by atoms with Gasteiger partial charge in [0.05, 0.1) is 6.61 Å². The lowest BCUT2D eigenvalue weighted by Gasteiger charge is -2.07. The summed E-state index contributed by atoms with van der Waals surface area (Å²) in [4.78, 5) is 11.8. The van der Waals surface area contributed by atoms with E-state index in [9.17, 15) is 4.79 Å². The molecule has 0 saturated carbocycles. The molecule has 0 fully saturated rings. The molecule has 0 spiro atoms. The van der Waals surface area contributed by atoms with Crippen molar-refractivity contribution in [1.82, 2.24) is 0 Å². The Morgan fingerprint density at radius 2 is 2.09 bits per heavy atom. The number of hydrogen-bond donors (Lipinski definition) is 0. The van der Waals surface area contributed by atoms with Gasteiger partial charge in [-0.3, -0.25) is 0 Å². The largest absolute Gasteiger partial charge is 0.493 e. The van der Waals surface area contributed by atoms with Gasteiger partial charge in [0.25, 0.3) is 0 Å². The van der Waals surface area contributed by atoms with Gasteiger partial charge in [-0.2, -0.15) is 0 Å². The molecule has 0 unspecified atom stereocenters. The van der Waals surface area contributed by atoms with Crippen LogP contribution in [0.3, 0.4) is 0 Å². The topological polar surface area (TPSA) is 35.5 Å². The predicted molar refractivity (Wildman–Crippen MR) is 91.4 cm³/mol. The molecule has 0 saturated heterocycles. The minimum absolute atomic E-state index is 0.404. The molecule has 2 aromatic carbocycles. The SMILES string of the molecule is CCOc1ccc(Br)cc1/C=C/C(=O)Oc1cccc(Cl)c1. The van der Waals surface area contributed by atoms with Gasteiger partial charge < -0.3 is 9.47 Å². The fourth-order valence-corrected chi connectivity index (χ4v) is 2.33. The van der Waals surface area contributed by atoms with Crippen LogP contribution < -0.4 is 9.47 Å². The second-order valence-electron chi connectivity index (χ2n) is 4.33. The average molecular weight is 382 g/mol. The van der Waals surface area contributed by atoms with Crippen LogP contribution in [0.1, 0.15) is 12.5 Å². The summed E-state index contributed by atoms with van der Waals surface area (Å²) in [7, 11) is 0. The van der Waals surface area contributed by atoms with Crippen molar-refractivity contribution in [3.8, 4) is 11.5 Å². The van der Waals surface area contributed by atoms with Gasteiger partial charge in [-0.15, -0.1) is 0 Å². The fourth-order valence-electron chi connectivity index (χ4n) is 1.77. The van der Waals surface area contributed by atoms with Crippen molar-refractivity contribution in [3.63, 3.8) is 0 Å². The summed E-state index contributed by atoms with van der Waals surface area (Å²) in [5.74, 6) is 0.628. The molecule has 0 aliphatic rings. The van der Waals surface area contributed by atoms with E-state index in [0.717, 1.165) is 10.0 Å². The number of benzene rings is 2. The third-order valence-corrected chi connectivity index (χ3v) is 3.41. The van der Waals surface area contributed by atoms with Crippen LogP contribution in [0.25, 0.3) is 6.08 Å². The van der Waals surface area contributed by atoms with Crippen molar-refractivity contribution < 1.29 is 14.3 Å². The summed E-state index contributed by atoms with van der Waals surface area (Å²) in [6.45, 7) is 2.46. The van der Waals surface area contributed by atoms with Gasteiger partial charge in [0.2, 0.25) is 0 Å². The number of esters is 1. The van der Waals surface area contributed by atoms with Crippen LogP contribution >= 0.6 is 27.5 Å². The van der Waals surface area contributed by atoms with Crippen LogP contribution in [-0.2, 0) is 4.79 Å². The smallest absolute Gasteiger partial charge is 0.336 e. The third kappa shape index (κ3) is 4.90. The Morgan fingerprint density at radius 1 is 1.27 bits per heavy atom. The highest BCUT2D eigenvalue weighted by Crippen LogP contribution is 2.24. The Morgan fingerprint density at radius 3 is 2.82 bits per heavy atom.